The summed E-state index contributed by atoms with van der Waals surface area (Å²) in [5, 5.41) is 3.19. The molecule has 2 atom stereocenters. The highest BCUT2D eigenvalue weighted by molar-refractivity contribution is 5.88. The Balaban J connectivity index is 2.04. The fraction of sp³-hybridized carbons (Fsp3) is 0.833. The smallest absolute Gasteiger partial charge is 0.328 e. The summed E-state index contributed by atoms with van der Waals surface area (Å²) < 4.78 is 4.78. The van der Waals surface area contributed by atoms with Crippen LogP contribution >= 0.6 is 0 Å². The second-order valence-corrected chi connectivity index (χ2v) is 4.72. The van der Waals surface area contributed by atoms with E-state index in [-0.39, 0.29) is 24.0 Å². The van der Waals surface area contributed by atoms with Crippen molar-refractivity contribution in [1.82, 2.24) is 10.2 Å². The maximum atomic E-state index is 12.3. The van der Waals surface area contributed by atoms with E-state index < -0.39 is 0 Å². The Labute approximate surface area is 101 Å². The first-order valence-electron chi connectivity index (χ1n) is 6.35. The van der Waals surface area contributed by atoms with Crippen LogP contribution in [0.1, 0.15) is 32.1 Å². The lowest BCUT2D eigenvalue weighted by molar-refractivity contribution is -0.155. The van der Waals surface area contributed by atoms with Crippen molar-refractivity contribution in [2.75, 3.05) is 20.2 Å². The molecule has 2 fully saturated rings. The minimum absolute atomic E-state index is 0.0672. The van der Waals surface area contributed by atoms with Gasteiger partial charge < -0.3 is 15.0 Å². The van der Waals surface area contributed by atoms with Crippen LogP contribution in [-0.4, -0.2) is 49.1 Å². The van der Waals surface area contributed by atoms with Gasteiger partial charge in [0.25, 0.3) is 0 Å². The highest BCUT2D eigenvalue weighted by atomic mass is 16.5. The first kappa shape index (κ1) is 12.4. The highest BCUT2D eigenvalue weighted by Gasteiger charge is 2.36. The third-order valence-electron chi connectivity index (χ3n) is 3.62. The Hall–Kier alpha value is -1.10. The largest absolute Gasteiger partial charge is 0.467 e. The van der Waals surface area contributed by atoms with E-state index in [1.165, 1.54) is 7.11 Å². The van der Waals surface area contributed by atoms with E-state index in [2.05, 4.69) is 5.32 Å². The van der Waals surface area contributed by atoms with E-state index in [1.54, 1.807) is 4.90 Å². The van der Waals surface area contributed by atoms with Crippen LogP contribution in [0.4, 0.5) is 0 Å². The average molecular weight is 240 g/mol. The van der Waals surface area contributed by atoms with E-state index in [0.717, 1.165) is 38.6 Å². The predicted molar refractivity (Wildman–Crippen MR) is 62.4 cm³/mol. The first-order valence-corrected chi connectivity index (χ1v) is 6.35. The number of methoxy groups -OCH3 is 1. The van der Waals surface area contributed by atoms with Crippen LogP contribution in [0.15, 0.2) is 0 Å². The number of hydrogen-bond donors (Lipinski definition) is 1. The van der Waals surface area contributed by atoms with Gasteiger partial charge in [0.2, 0.25) is 5.91 Å². The van der Waals surface area contributed by atoms with Crippen molar-refractivity contribution in [2.24, 2.45) is 0 Å². The monoisotopic (exact) mass is 240 g/mol. The van der Waals surface area contributed by atoms with Gasteiger partial charge in [0.05, 0.1) is 13.2 Å². The molecule has 96 valence electrons. The number of ether oxygens (including phenoxy) is 1. The maximum Gasteiger partial charge on any atom is 0.328 e. The molecule has 2 saturated heterocycles. The van der Waals surface area contributed by atoms with Gasteiger partial charge in [-0.3, -0.25) is 4.79 Å². The zero-order chi connectivity index (χ0) is 12.3. The molecule has 0 aromatic carbocycles. The van der Waals surface area contributed by atoms with Gasteiger partial charge in [-0.25, -0.2) is 4.79 Å². The summed E-state index contributed by atoms with van der Waals surface area (Å²) in [6.45, 7) is 1.57. The highest BCUT2D eigenvalue weighted by Crippen LogP contribution is 2.20. The number of amides is 1. The van der Waals surface area contributed by atoms with Crippen LogP contribution in [0.25, 0.3) is 0 Å². The number of likely N-dealkylation sites (tertiary alicyclic amines) is 1. The number of hydrogen-bond acceptors (Lipinski definition) is 4. The molecule has 0 saturated carbocycles. The van der Waals surface area contributed by atoms with Crippen LogP contribution in [0, 0.1) is 0 Å². The Morgan fingerprint density at radius 3 is 2.71 bits per heavy atom. The molecule has 2 heterocycles. The normalized spacial score (nSPS) is 29.1. The van der Waals surface area contributed by atoms with Gasteiger partial charge in [-0.05, 0) is 38.6 Å². The Bertz CT molecular complexity index is 300. The summed E-state index contributed by atoms with van der Waals surface area (Å²) in [6.07, 6.45) is 4.61. The first-order chi connectivity index (χ1) is 8.24. The van der Waals surface area contributed by atoms with Crippen LogP contribution in [0.2, 0.25) is 0 Å². The van der Waals surface area contributed by atoms with E-state index in [0.29, 0.717) is 6.54 Å². The van der Waals surface area contributed by atoms with Crippen molar-refractivity contribution in [1.29, 1.82) is 0 Å². The molecule has 0 aromatic rings. The van der Waals surface area contributed by atoms with Crippen LogP contribution in [0.3, 0.4) is 0 Å². The van der Waals surface area contributed by atoms with Crippen molar-refractivity contribution < 1.29 is 14.3 Å². The quantitative estimate of drug-likeness (QED) is 0.705. The lowest BCUT2D eigenvalue weighted by atomic mass is 10.0. The molecular weight excluding hydrogens is 220 g/mol. The summed E-state index contributed by atoms with van der Waals surface area (Å²) in [5.41, 5.74) is 0. The van der Waals surface area contributed by atoms with Gasteiger partial charge in [0, 0.05) is 6.54 Å². The molecule has 0 radical (unpaired) electrons. The second kappa shape index (κ2) is 5.49. The van der Waals surface area contributed by atoms with Crippen molar-refractivity contribution in [3.8, 4) is 0 Å². The zero-order valence-corrected chi connectivity index (χ0v) is 10.3. The molecule has 5 heteroatoms. The molecule has 0 bridgehead atoms. The molecule has 1 N–H and O–H groups in total. The number of rotatable bonds is 2. The molecule has 0 aromatic heterocycles. The summed E-state index contributed by atoms with van der Waals surface area (Å²) in [5.74, 6) is -0.214. The lowest BCUT2D eigenvalue weighted by Gasteiger charge is -2.35. The zero-order valence-electron chi connectivity index (χ0n) is 10.3. The minimum atomic E-state index is -0.372. The van der Waals surface area contributed by atoms with Crippen molar-refractivity contribution in [3.05, 3.63) is 0 Å². The van der Waals surface area contributed by atoms with E-state index in [4.69, 9.17) is 4.74 Å². The van der Waals surface area contributed by atoms with Crippen molar-refractivity contribution >= 4 is 11.9 Å². The third kappa shape index (κ3) is 2.60. The fourth-order valence-electron chi connectivity index (χ4n) is 2.67. The molecule has 2 aliphatic heterocycles. The van der Waals surface area contributed by atoms with Gasteiger partial charge in [-0.2, -0.15) is 0 Å². The van der Waals surface area contributed by atoms with E-state index in [1.807, 2.05) is 0 Å². The molecule has 0 spiro atoms. The van der Waals surface area contributed by atoms with Crippen molar-refractivity contribution in [3.63, 3.8) is 0 Å². The Morgan fingerprint density at radius 1 is 1.24 bits per heavy atom. The van der Waals surface area contributed by atoms with E-state index in [9.17, 15) is 9.59 Å². The van der Waals surface area contributed by atoms with Gasteiger partial charge >= 0.3 is 5.97 Å². The molecule has 2 aliphatic rings. The third-order valence-corrected chi connectivity index (χ3v) is 3.62. The standard InChI is InChI=1S/C12H20N2O3/c1-17-12(16)10-6-2-3-8-14(10)11(15)9-5-4-7-13-9/h9-10,13H,2-8H2,1H3/t9-,10?/m1/s1. The number of carbonyl (C=O) groups excluding carboxylic acids is 2. The summed E-state index contributed by atoms with van der Waals surface area (Å²) in [6, 6.07) is -0.469. The Kier molecular flexibility index (Phi) is 3.99. The minimum Gasteiger partial charge on any atom is -0.467 e. The van der Waals surface area contributed by atoms with E-state index >= 15 is 0 Å². The summed E-state index contributed by atoms with van der Waals surface area (Å²) >= 11 is 0. The second-order valence-electron chi connectivity index (χ2n) is 4.72. The molecule has 1 unspecified atom stereocenters. The van der Waals surface area contributed by atoms with Crippen molar-refractivity contribution in [2.45, 2.75) is 44.2 Å². The van der Waals surface area contributed by atoms with Crippen LogP contribution in [0.5, 0.6) is 0 Å². The number of esters is 1. The molecule has 0 aliphatic carbocycles. The average Bonchev–Trinajstić information content (AvgIpc) is 2.91. The number of piperidine rings is 1. The maximum absolute atomic E-state index is 12.3. The topological polar surface area (TPSA) is 58.6 Å². The molecular formula is C12H20N2O3. The molecule has 1 amide bonds. The molecule has 17 heavy (non-hydrogen) atoms. The van der Waals surface area contributed by atoms with Gasteiger partial charge in [-0.15, -0.1) is 0 Å². The van der Waals surface area contributed by atoms with Gasteiger partial charge in [0.15, 0.2) is 0 Å². The summed E-state index contributed by atoms with van der Waals surface area (Å²) in [7, 11) is 1.38. The van der Waals surface area contributed by atoms with Crippen LogP contribution < -0.4 is 5.32 Å². The lowest BCUT2D eigenvalue weighted by Crippen LogP contribution is -2.53. The summed E-state index contributed by atoms with van der Waals surface area (Å²) in [4.78, 5) is 25.7. The predicted octanol–water partition coefficient (Wildman–Crippen LogP) is 0.293. The molecule has 5 nitrogen and oxygen atoms in total. The fourth-order valence-corrected chi connectivity index (χ4v) is 2.67. The molecule has 2 rings (SSSR count). The number of nitrogens with zero attached hydrogens (tertiary/aromatic N) is 1. The number of carbonyl (C=O) groups is 2. The Morgan fingerprint density at radius 2 is 2.06 bits per heavy atom. The van der Waals surface area contributed by atoms with Gasteiger partial charge in [-0.1, -0.05) is 0 Å². The number of nitrogens with one attached hydrogen (secondary N) is 1. The van der Waals surface area contributed by atoms with Crippen LogP contribution in [-0.2, 0) is 14.3 Å². The SMILES string of the molecule is COC(=O)C1CCCCN1C(=O)[C@H]1CCCN1. The van der Waals surface area contributed by atoms with Gasteiger partial charge in [0.1, 0.15) is 6.04 Å².